The van der Waals surface area contributed by atoms with Gasteiger partial charge in [0.25, 0.3) is 0 Å². The molecular formula is C12H11NO4. The van der Waals surface area contributed by atoms with Crippen molar-refractivity contribution in [1.29, 1.82) is 0 Å². The number of ether oxygens (including phenoxy) is 1. The molecule has 0 aliphatic rings. The van der Waals surface area contributed by atoms with Crippen molar-refractivity contribution in [2.75, 3.05) is 6.61 Å². The predicted molar refractivity (Wildman–Crippen MR) is 60.1 cm³/mol. The molecule has 0 bridgehead atoms. The van der Waals surface area contributed by atoms with E-state index in [0.717, 1.165) is 0 Å². The topological polar surface area (TPSA) is 65.5 Å². The first-order valence-electron chi connectivity index (χ1n) is 5.15. The van der Waals surface area contributed by atoms with Gasteiger partial charge in [-0.2, -0.15) is 0 Å². The molecule has 5 heteroatoms. The summed E-state index contributed by atoms with van der Waals surface area (Å²) in [5, 5.41) is 3.60. The SMILES string of the molecule is CCOC(=O)c1cc(/C=C/c2ccco2)on1. The number of hydrogen-bond donors (Lipinski definition) is 0. The number of hydrogen-bond acceptors (Lipinski definition) is 5. The van der Waals surface area contributed by atoms with Gasteiger partial charge in [0.05, 0.1) is 12.9 Å². The highest BCUT2D eigenvalue weighted by molar-refractivity contribution is 5.87. The zero-order valence-electron chi connectivity index (χ0n) is 9.25. The predicted octanol–water partition coefficient (Wildman–Crippen LogP) is 2.61. The van der Waals surface area contributed by atoms with Crippen LogP contribution >= 0.6 is 0 Å². The fraction of sp³-hybridized carbons (Fsp3) is 0.167. The molecule has 88 valence electrons. The van der Waals surface area contributed by atoms with E-state index in [1.165, 1.54) is 6.07 Å². The Morgan fingerprint density at radius 3 is 3.00 bits per heavy atom. The molecule has 0 spiro atoms. The van der Waals surface area contributed by atoms with Crippen molar-refractivity contribution in [2.45, 2.75) is 6.92 Å². The molecule has 0 saturated heterocycles. The second-order valence-corrected chi connectivity index (χ2v) is 3.18. The van der Waals surface area contributed by atoms with Crippen molar-refractivity contribution in [2.24, 2.45) is 0 Å². The molecule has 0 unspecified atom stereocenters. The van der Waals surface area contributed by atoms with E-state index in [1.54, 1.807) is 37.5 Å². The fourth-order valence-electron chi connectivity index (χ4n) is 1.22. The van der Waals surface area contributed by atoms with Crippen molar-refractivity contribution < 1.29 is 18.5 Å². The van der Waals surface area contributed by atoms with Crippen LogP contribution in [0.3, 0.4) is 0 Å². The van der Waals surface area contributed by atoms with Gasteiger partial charge in [0.1, 0.15) is 5.76 Å². The van der Waals surface area contributed by atoms with Gasteiger partial charge in [0, 0.05) is 6.07 Å². The maximum absolute atomic E-state index is 11.3. The van der Waals surface area contributed by atoms with Crippen molar-refractivity contribution >= 4 is 18.1 Å². The Hall–Kier alpha value is -2.30. The Bertz CT molecular complexity index is 510. The summed E-state index contributed by atoms with van der Waals surface area (Å²) in [5.74, 6) is 0.664. The van der Waals surface area contributed by atoms with E-state index in [1.807, 2.05) is 0 Å². The normalized spacial score (nSPS) is 10.9. The van der Waals surface area contributed by atoms with Crippen LogP contribution in [-0.4, -0.2) is 17.7 Å². The minimum atomic E-state index is -0.492. The monoisotopic (exact) mass is 233 g/mol. The van der Waals surface area contributed by atoms with E-state index in [-0.39, 0.29) is 5.69 Å². The first kappa shape index (κ1) is 11.2. The molecule has 17 heavy (non-hydrogen) atoms. The summed E-state index contributed by atoms with van der Waals surface area (Å²) in [6.45, 7) is 2.04. The molecule has 0 atom stereocenters. The first-order valence-corrected chi connectivity index (χ1v) is 5.15. The van der Waals surface area contributed by atoms with Crippen molar-refractivity contribution in [1.82, 2.24) is 5.16 Å². The fourth-order valence-corrected chi connectivity index (χ4v) is 1.22. The molecule has 0 aliphatic heterocycles. The Balaban J connectivity index is 2.06. The standard InChI is InChI=1S/C12H11NO4/c1-2-15-12(14)11-8-10(17-13-11)6-5-9-4-3-7-16-9/h3-8H,2H2,1H3/b6-5+. The second-order valence-electron chi connectivity index (χ2n) is 3.18. The molecule has 0 amide bonds. The van der Waals surface area contributed by atoms with E-state index in [4.69, 9.17) is 13.7 Å². The quantitative estimate of drug-likeness (QED) is 0.759. The summed E-state index contributed by atoms with van der Waals surface area (Å²) in [7, 11) is 0. The van der Waals surface area contributed by atoms with E-state index < -0.39 is 5.97 Å². The third kappa shape index (κ3) is 2.84. The molecule has 2 rings (SSSR count). The Morgan fingerprint density at radius 2 is 2.29 bits per heavy atom. The number of furan rings is 1. The Morgan fingerprint density at radius 1 is 1.47 bits per heavy atom. The molecule has 2 aromatic heterocycles. The van der Waals surface area contributed by atoms with E-state index >= 15 is 0 Å². The van der Waals surface area contributed by atoms with Gasteiger partial charge in [-0.05, 0) is 31.2 Å². The Kier molecular flexibility index (Phi) is 3.40. The molecule has 0 aromatic carbocycles. The molecule has 0 aliphatic carbocycles. The van der Waals surface area contributed by atoms with E-state index in [2.05, 4.69) is 5.16 Å². The highest BCUT2D eigenvalue weighted by Crippen LogP contribution is 2.10. The van der Waals surface area contributed by atoms with Crippen LogP contribution in [0.25, 0.3) is 12.2 Å². The molecule has 2 heterocycles. The van der Waals surface area contributed by atoms with Crippen LogP contribution in [0, 0.1) is 0 Å². The summed E-state index contributed by atoms with van der Waals surface area (Å²) >= 11 is 0. The summed E-state index contributed by atoms with van der Waals surface area (Å²) in [6.07, 6.45) is 4.95. The molecule has 0 fully saturated rings. The maximum atomic E-state index is 11.3. The van der Waals surface area contributed by atoms with Crippen molar-refractivity contribution in [3.63, 3.8) is 0 Å². The zero-order valence-corrected chi connectivity index (χ0v) is 9.25. The van der Waals surface area contributed by atoms with Gasteiger partial charge in [-0.3, -0.25) is 0 Å². The number of rotatable bonds is 4. The lowest BCUT2D eigenvalue weighted by Gasteiger charge is -1.94. The van der Waals surface area contributed by atoms with Crippen LogP contribution in [-0.2, 0) is 4.74 Å². The number of esters is 1. The third-order valence-electron chi connectivity index (χ3n) is 1.97. The van der Waals surface area contributed by atoms with Crippen LogP contribution in [0.1, 0.15) is 28.9 Å². The van der Waals surface area contributed by atoms with Crippen molar-refractivity contribution in [3.8, 4) is 0 Å². The van der Waals surface area contributed by atoms with Gasteiger partial charge in [-0.25, -0.2) is 4.79 Å². The number of carbonyl (C=O) groups excluding carboxylic acids is 1. The van der Waals surface area contributed by atoms with Crippen molar-refractivity contribution in [3.05, 3.63) is 41.7 Å². The molecule has 2 aromatic rings. The maximum Gasteiger partial charge on any atom is 0.360 e. The zero-order chi connectivity index (χ0) is 12.1. The largest absolute Gasteiger partial charge is 0.465 e. The average Bonchev–Trinajstić information content (AvgIpc) is 2.98. The Labute approximate surface area is 97.7 Å². The molecule has 0 radical (unpaired) electrons. The van der Waals surface area contributed by atoms with Gasteiger partial charge < -0.3 is 13.7 Å². The summed E-state index contributed by atoms with van der Waals surface area (Å²) in [4.78, 5) is 11.3. The molecule has 0 N–H and O–H groups in total. The molecule has 5 nitrogen and oxygen atoms in total. The molecular weight excluding hydrogens is 222 g/mol. The summed E-state index contributed by atoms with van der Waals surface area (Å²) < 4.78 is 14.8. The van der Waals surface area contributed by atoms with Gasteiger partial charge >= 0.3 is 5.97 Å². The lowest BCUT2D eigenvalue weighted by molar-refractivity contribution is 0.0514. The summed E-state index contributed by atoms with van der Waals surface area (Å²) in [6, 6.07) is 5.10. The van der Waals surface area contributed by atoms with Crippen LogP contribution in [0.4, 0.5) is 0 Å². The van der Waals surface area contributed by atoms with E-state index in [0.29, 0.717) is 18.1 Å². The number of aromatic nitrogens is 1. The highest BCUT2D eigenvalue weighted by atomic mass is 16.5. The second kappa shape index (κ2) is 5.16. The summed E-state index contributed by atoms with van der Waals surface area (Å²) in [5.41, 5.74) is 0.158. The van der Waals surface area contributed by atoms with E-state index in [9.17, 15) is 4.79 Å². The average molecular weight is 233 g/mol. The van der Waals surface area contributed by atoms with Gasteiger partial charge in [0.2, 0.25) is 0 Å². The molecule has 0 saturated carbocycles. The van der Waals surface area contributed by atoms with Crippen LogP contribution in [0.5, 0.6) is 0 Å². The lowest BCUT2D eigenvalue weighted by Crippen LogP contribution is -2.04. The van der Waals surface area contributed by atoms with Crippen LogP contribution in [0.2, 0.25) is 0 Å². The van der Waals surface area contributed by atoms with Gasteiger partial charge in [-0.15, -0.1) is 0 Å². The minimum absolute atomic E-state index is 0.158. The number of carbonyl (C=O) groups is 1. The number of nitrogens with zero attached hydrogens (tertiary/aromatic N) is 1. The first-order chi connectivity index (χ1) is 8.29. The highest BCUT2D eigenvalue weighted by Gasteiger charge is 2.11. The lowest BCUT2D eigenvalue weighted by atomic mass is 10.3. The smallest absolute Gasteiger partial charge is 0.360 e. The van der Waals surface area contributed by atoms with Crippen LogP contribution in [0.15, 0.2) is 33.4 Å². The van der Waals surface area contributed by atoms with Gasteiger partial charge in [-0.1, -0.05) is 5.16 Å². The van der Waals surface area contributed by atoms with Crippen LogP contribution < -0.4 is 0 Å². The third-order valence-corrected chi connectivity index (χ3v) is 1.97. The van der Waals surface area contributed by atoms with Gasteiger partial charge in [0.15, 0.2) is 11.5 Å². The minimum Gasteiger partial charge on any atom is -0.465 e.